The van der Waals surface area contributed by atoms with Gasteiger partial charge in [-0.25, -0.2) is 0 Å². The normalized spacial score (nSPS) is 19.0. The number of rotatable bonds is 57. The molecule has 0 spiro atoms. The van der Waals surface area contributed by atoms with Crippen LogP contribution in [0.25, 0.3) is 0 Å². The first-order valence-electron chi connectivity index (χ1n) is 32.4. The molecule has 0 radical (unpaired) electrons. The van der Waals surface area contributed by atoms with Gasteiger partial charge in [-0.05, 0) is 19.3 Å². The summed E-state index contributed by atoms with van der Waals surface area (Å²) >= 11 is 0. The van der Waals surface area contributed by atoms with E-state index in [9.17, 15) is 30.3 Å². The second-order valence-corrected chi connectivity index (χ2v) is 22.9. The van der Waals surface area contributed by atoms with Crippen LogP contribution in [-0.4, -0.2) is 87.5 Å². The third-order valence-electron chi connectivity index (χ3n) is 15.9. The molecule has 0 saturated carbocycles. The van der Waals surface area contributed by atoms with E-state index in [-0.39, 0.29) is 12.5 Å². The molecule has 1 aliphatic heterocycles. The summed E-state index contributed by atoms with van der Waals surface area (Å²) < 4.78 is 11.3. The fourth-order valence-corrected chi connectivity index (χ4v) is 10.8. The van der Waals surface area contributed by atoms with E-state index >= 15 is 0 Å². The highest BCUT2D eigenvalue weighted by atomic mass is 16.7. The lowest BCUT2D eigenvalue weighted by Crippen LogP contribution is -2.60. The summed E-state index contributed by atoms with van der Waals surface area (Å²) in [6.45, 7) is 3.82. The Morgan fingerprint density at radius 3 is 1.07 bits per heavy atom. The Labute approximate surface area is 452 Å². The Bertz CT molecular complexity index is 1150. The first-order chi connectivity index (χ1) is 35.8. The molecule has 0 aromatic rings. The van der Waals surface area contributed by atoms with Gasteiger partial charge in [0, 0.05) is 6.42 Å². The van der Waals surface area contributed by atoms with Crippen molar-refractivity contribution in [2.24, 2.45) is 0 Å². The van der Waals surface area contributed by atoms with Crippen molar-refractivity contribution in [3.63, 3.8) is 0 Å². The van der Waals surface area contributed by atoms with Gasteiger partial charge in [0.2, 0.25) is 5.91 Å². The smallest absolute Gasteiger partial charge is 0.220 e. The number of hydrogen-bond acceptors (Lipinski definition) is 8. The molecule has 73 heavy (non-hydrogen) atoms. The van der Waals surface area contributed by atoms with Crippen molar-refractivity contribution in [3.8, 4) is 0 Å². The van der Waals surface area contributed by atoms with Crippen LogP contribution >= 0.6 is 0 Å². The molecule has 1 saturated heterocycles. The van der Waals surface area contributed by atoms with Crippen molar-refractivity contribution in [2.75, 3.05) is 13.2 Å². The van der Waals surface area contributed by atoms with Gasteiger partial charge in [0.1, 0.15) is 24.4 Å². The number of amides is 1. The highest BCUT2D eigenvalue weighted by molar-refractivity contribution is 5.76. The topological polar surface area (TPSA) is 149 Å². The van der Waals surface area contributed by atoms with Crippen LogP contribution in [0, 0.1) is 0 Å². The minimum absolute atomic E-state index is 0.169. The van der Waals surface area contributed by atoms with Crippen LogP contribution < -0.4 is 5.32 Å². The maximum atomic E-state index is 13.1. The van der Waals surface area contributed by atoms with Crippen LogP contribution in [0.5, 0.6) is 0 Å². The van der Waals surface area contributed by atoms with Gasteiger partial charge in [0.15, 0.2) is 6.29 Å². The van der Waals surface area contributed by atoms with E-state index in [1.54, 1.807) is 6.08 Å². The van der Waals surface area contributed by atoms with E-state index in [1.807, 2.05) is 6.08 Å². The van der Waals surface area contributed by atoms with Gasteiger partial charge < -0.3 is 40.3 Å². The molecule has 1 amide bonds. The van der Waals surface area contributed by atoms with Crippen molar-refractivity contribution in [1.82, 2.24) is 5.32 Å². The zero-order chi connectivity index (χ0) is 52.9. The molecular formula is C64H125NO8. The summed E-state index contributed by atoms with van der Waals surface area (Å²) in [5.41, 5.74) is 0. The van der Waals surface area contributed by atoms with Crippen LogP contribution in [0.1, 0.15) is 335 Å². The van der Waals surface area contributed by atoms with Crippen molar-refractivity contribution < 1.29 is 39.8 Å². The summed E-state index contributed by atoms with van der Waals surface area (Å²) in [6.07, 6.45) is 61.8. The first kappa shape index (κ1) is 69.9. The Morgan fingerprint density at radius 2 is 0.753 bits per heavy atom. The monoisotopic (exact) mass is 1040 g/mol. The van der Waals surface area contributed by atoms with Crippen molar-refractivity contribution in [3.05, 3.63) is 12.2 Å². The van der Waals surface area contributed by atoms with Gasteiger partial charge in [-0.2, -0.15) is 0 Å². The molecule has 1 aliphatic rings. The molecule has 434 valence electrons. The Morgan fingerprint density at radius 1 is 0.452 bits per heavy atom. The fourth-order valence-electron chi connectivity index (χ4n) is 10.8. The van der Waals surface area contributed by atoms with Crippen LogP contribution in [0.3, 0.4) is 0 Å². The number of aliphatic hydroxyl groups is 5. The summed E-state index contributed by atoms with van der Waals surface area (Å²) in [6, 6.07) is -0.800. The number of aliphatic hydroxyl groups excluding tert-OH is 5. The standard InChI is InChI=1S/C64H125NO8/c1-3-5-7-9-11-13-15-17-19-20-21-22-23-24-25-26-27-28-29-30-31-32-33-34-35-36-37-38-40-42-44-46-48-50-52-54-60(68)65-57(56-72-64-63(71)62(70)61(69)59(55-66)73-64)58(67)53-51-49-47-45-43-41-39-18-16-14-12-10-8-6-4-2/h51,53,57-59,61-64,66-67,69-71H,3-50,52,54-56H2,1-2H3,(H,65,68)/b53-51+. The van der Waals surface area contributed by atoms with Gasteiger partial charge in [-0.3, -0.25) is 4.79 Å². The van der Waals surface area contributed by atoms with Gasteiger partial charge in [0.05, 0.1) is 25.4 Å². The predicted octanol–water partition coefficient (Wildman–Crippen LogP) is 16.7. The number of carbonyl (C=O) groups is 1. The molecule has 7 atom stereocenters. The lowest BCUT2D eigenvalue weighted by atomic mass is 9.99. The van der Waals surface area contributed by atoms with Gasteiger partial charge >= 0.3 is 0 Å². The van der Waals surface area contributed by atoms with E-state index in [1.165, 1.54) is 276 Å². The largest absolute Gasteiger partial charge is 0.394 e. The summed E-state index contributed by atoms with van der Waals surface area (Å²) in [4.78, 5) is 13.1. The van der Waals surface area contributed by atoms with E-state index < -0.39 is 49.5 Å². The molecule has 0 aromatic carbocycles. The molecule has 1 rings (SSSR count). The zero-order valence-electron chi connectivity index (χ0n) is 48.4. The average molecular weight is 1040 g/mol. The number of carbonyl (C=O) groups excluding carboxylic acids is 1. The lowest BCUT2D eigenvalue weighted by Gasteiger charge is -2.40. The highest BCUT2D eigenvalue weighted by Crippen LogP contribution is 2.23. The Balaban J connectivity index is 2.06. The lowest BCUT2D eigenvalue weighted by molar-refractivity contribution is -0.302. The highest BCUT2D eigenvalue weighted by Gasteiger charge is 2.44. The molecule has 7 unspecified atom stereocenters. The van der Waals surface area contributed by atoms with E-state index in [2.05, 4.69) is 19.2 Å². The van der Waals surface area contributed by atoms with Crippen molar-refractivity contribution in [2.45, 2.75) is 378 Å². The molecular weight excluding hydrogens is 911 g/mol. The van der Waals surface area contributed by atoms with Crippen LogP contribution in [0.2, 0.25) is 0 Å². The molecule has 0 bridgehead atoms. The number of unbranched alkanes of at least 4 members (excludes halogenated alkanes) is 47. The molecule has 1 fully saturated rings. The Kier molecular flexibility index (Phi) is 52.0. The number of ether oxygens (including phenoxy) is 2. The maximum absolute atomic E-state index is 13.1. The minimum atomic E-state index is -1.56. The van der Waals surface area contributed by atoms with Gasteiger partial charge in [-0.1, -0.05) is 321 Å². The second kappa shape index (κ2) is 54.3. The zero-order valence-corrected chi connectivity index (χ0v) is 48.4. The minimum Gasteiger partial charge on any atom is -0.394 e. The predicted molar refractivity (Wildman–Crippen MR) is 309 cm³/mol. The fraction of sp³-hybridized carbons (Fsp3) is 0.953. The summed E-state index contributed by atoms with van der Waals surface area (Å²) in [5.74, 6) is -0.169. The molecule has 9 heteroatoms. The summed E-state index contributed by atoms with van der Waals surface area (Å²) in [5, 5.41) is 54.5. The van der Waals surface area contributed by atoms with Crippen molar-refractivity contribution in [1.29, 1.82) is 0 Å². The molecule has 0 aliphatic carbocycles. The van der Waals surface area contributed by atoms with Crippen LogP contribution in [0.15, 0.2) is 12.2 Å². The van der Waals surface area contributed by atoms with Gasteiger partial charge in [0.25, 0.3) is 0 Å². The second-order valence-electron chi connectivity index (χ2n) is 22.9. The number of hydrogen-bond donors (Lipinski definition) is 6. The average Bonchev–Trinajstić information content (AvgIpc) is 3.39. The van der Waals surface area contributed by atoms with E-state index in [0.29, 0.717) is 6.42 Å². The first-order valence-corrected chi connectivity index (χ1v) is 32.4. The third-order valence-corrected chi connectivity index (χ3v) is 15.9. The number of allylic oxidation sites excluding steroid dienone is 1. The van der Waals surface area contributed by atoms with Crippen molar-refractivity contribution >= 4 is 5.91 Å². The SMILES string of the molecule is CCCCCCCCCCCCCCC/C=C/C(O)C(COC1OC(CO)C(O)C(O)C1O)NC(=O)CCCCCCCCCCCCCCCCCCCCCCCCCCCCCCCCCCCCC. The van der Waals surface area contributed by atoms with E-state index in [4.69, 9.17) is 9.47 Å². The summed E-state index contributed by atoms with van der Waals surface area (Å²) in [7, 11) is 0. The molecule has 6 N–H and O–H groups in total. The maximum Gasteiger partial charge on any atom is 0.220 e. The Hall–Kier alpha value is -1.07. The van der Waals surface area contributed by atoms with Gasteiger partial charge in [-0.15, -0.1) is 0 Å². The molecule has 0 aromatic heterocycles. The molecule has 9 nitrogen and oxygen atoms in total. The molecule has 1 heterocycles. The van der Waals surface area contributed by atoms with Crippen LogP contribution in [0.4, 0.5) is 0 Å². The third kappa shape index (κ3) is 43.6. The van der Waals surface area contributed by atoms with E-state index in [0.717, 1.165) is 38.5 Å². The number of nitrogens with one attached hydrogen (secondary N) is 1. The quantitative estimate of drug-likeness (QED) is 0.0261. The van der Waals surface area contributed by atoms with Crippen LogP contribution in [-0.2, 0) is 14.3 Å².